The van der Waals surface area contributed by atoms with Crippen LogP contribution in [0.2, 0.25) is 0 Å². The van der Waals surface area contributed by atoms with Crippen molar-refractivity contribution < 1.29 is 23.7 Å². The molecule has 0 bridgehead atoms. The molecule has 1 aliphatic rings. The Labute approximate surface area is 165 Å². The number of aryl methyl sites for hydroxylation is 1. The predicted octanol–water partition coefficient (Wildman–Crippen LogP) is 3.16. The van der Waals surface area contributed by atoms with Crippen LogP contribution in [0.25, 0.3) is 0 Å². The lowest BCUT2D eigenvalue weighted by Gasteiger charge is -2.18. The Morgan fingerprint density at radius 3 is 2.61 bits per heavy atom. The van der Waals surface area contributed by atoms with Crippen molar-refractivity contribution in [1.82, 2.24) is 5.32 Å². The number of benzene rings is 2. The lowest BCUT2D eigenvalue weighted by molar-refractivity contribution is -0.121. The molecule has 0 saturated heterocycles. The summed E-state index contributed by atoms with van der Waals surface area (Å²) in [5.74, 6) is 3.17. The first-order chi connectivity index (χ1) is 13.7. The smallest absolute Gasteiger partial charge is 0.220 e. The van der Waals surface area contributed by atoms with E-state index in [1.54, 1.807) is 14.2 Å². The second-order valence-corrected chi connectivity index (χ2v) is 6.61. The molecule has 0 fully saturated rings. The third-order valence-electron chi connectivity index (χ3n) is 4.69. The zero-order chi connectivity index (χ0) is 19.8. The fourth-order valence-electron chi connectivity index (χ4n) is 3.18. The highest BCUT2D eigenvalue weighted by molar-refractivity contribution is 5.75. The van der Waals surface area contributed by atoms with Crippen molar-refractivity contribution in [2.75, 3.05) is 34.0 Å². The van der Waals surface area contributed by atoms with E-state index in [-0.39, 0.29) is 5.91 Å². The Balaban J connectivity index is 1.39. The fraction of sp³-hybridized carbons (Fsp3) is 0.409. The normalized spacial score (nSPS) is 12.4. The third kappa shape index (κ3) is 5.31. The highest BCUT2D eigenvalue weighted by Crippen LogP contribution is 2.31. The van der Waals surface area contributed by atoms with Crippen LogP contribution in [0.1, 0.15) is 24.0 Å². The zero-order valence-corrected chi connectivity index (χ0v) is 16.5. The highest BCUT2D eigenvalue weighted by Gasteiger charge is 2.12. The van der Waals surface area contributed by atoms with Crippen molar-refractivity contribution in [1.29, 1.82) is 0 Å². The Morgan fingerprint density at radius 2 is 1.82 bits per heavy atom. The summed E-state index contributed by atoms with van der Waals surface area (Å²) < 4.78 is 21.7. The molecule has 1 aliphatic heterocycles. The molecule has 0 unspecified atom stereocenters. The number of rotatable bonds is 9. The number of ether oxygens (including phenoxy) is 4. The van der Waals surface area contributed by atoms with E-state index in [0.29, 0.717) is 32.6 Å². The van der Waals surface area contributed by atoms with Crippen LogP contribution < -0.4 is 24.3 Å². The fourth-order valence-corrected chi connectivity index (χ4v) is 3.18. The van der Waals surface area contributed by atoms with Crippen LogP contribution in [-0.2, 0) is 17.6 Å². The van der Waals surface area contributed by atoms with Crippen molar-refractivity contribution in [2.45, 2.75) is 25.7 Å². The number of hydrogen-bond acceptors (Lipinski definition) is 5. The van der Waals surface area contributed by atoms with Gasteiger partial charge in [-0.2, -0.15) is 0 Å². The average molecular weight is 385 g/mol. The van der Waals surface area contributed by atoms with Crippen LogP contribution in [0.15, 0.2) is 36.4 Å². The second-order valence-electron chi connectivity index (χ2n) is 6.61. The summed E-state index contributed by atoms with van der Waals surface area (Å²) in [6.45, 7) is 1.75. The maximum atomic E-state index is 12.1. The standard InChI is InChI=1S/C22H27NO5/c1-25-18-8-7-17(20(15-18)26-2)10-11-23-22(24)5-3-4-16-6-9-19-21(14-16)28-13-12-27-19/h6-9,14-15H,3-5,10-13H2,1-2H3,(H,23,24). The number of methoxy groups -OCH3 is 2. The van der Waals surface area contributed by atoms with E-state index in [1.807, 2.05) is 36.4 Å². The average Bonchev–Trinajstić information content (AvgIpc) is 2.73. The summed E-state index contributed by atoms with van der Waals surface area (Å²) in [5, 5.41) is 2.98. The zero-order valence-electron chi connectivity index (χ0n) is 16.5. The molecule has 0 aliphatic carbocycles. The van der Waals surface area contributed by atoms with E-state index in [2.05, 4.69) is 5.32 Å². The van der Waals surface area contributed by atoms with Gasteiger partial charge in [0.15, 0.2) is 11.5 Å². The maximum absolute atomic E-state index is 12.1. The van der Waals surface area contributed by atoms with Gasteiger partial charge < -0.3 is 24.3 Å². The van der Waals surface area contributed by atoms with Crippen molar-refractivity contribution in [3.63, 3.8) is 0 Å². The molecular weight excluding hydrogens is 358 g/mol. The summed E-state index contributed by atoms with van der Waals surface area (Å²) >= 11 is 0. The first kappa shape index (κ1) is 19.9. The van der Waals surface area contributed by atoms with Gasteiger partial charge in [-0.3, -0.25) is 4.79 Å². The molecule has 2 aromatic carbocycles. The predicted molar refractivity (Wildman–Crippen MR) is 107 cm³/mol. The van der Waals surface area contributed by atoms with Gasteiger partial charge in [-0.05, 0) is 48.6 Å². The van der Waals surface area contributed by atoms with E-state index in [0.717, 1.165) is 47.0 Å². The minimum atomic E-state index is 0.0602. The minimum Gasteiger partial charge on any atom is -0.497 e. The summed E-state index contributed by atoms with van der Waals surface area (Å²) in [7, 11) is 3.26. The van der Waals surface area contributed by atoms with Gasteiger partial charge in [0.1, 0.15) is 24.7 Å². The number of carbonyl (C=O) groups is 1. The summed E-state index contributed by atoms with van der Waals surface area (Å²) in [5.41, 5.74) is 2.19. The van der Waals surface area contributed by atoms with E-state index < -0.39 is 0 Å². The molecule has 6 nitrogen and oxygen atoms in total. The molecule has 1 amide bonds. The van der Waals surface area contributed by atoms with E-state index in [4.69, 9.17) is 18.9 Å². The van der Waals surface area contributed by atoms with Crippen molar-refractivity contribution in [3.05, 3.63) is 47.5 Å². The van der Waals surface area contributed by atoms with Gasteiger partial charge >= 0.3 is 0 Å². The molecule has 28 heavy (non-hydrogen) atoms. The van der Waals surface area contributed by atoms with E-state index in [9.17, 15) is 4.79 Å². The molecule has 0 atom stereocenters. The van der Waals surface area contributed by atoms with Gasteiger partial charge in [-0.15, -0.1) is 0 Å². The molecular formula is C22H27NO5. The second kappa shape index (κ2) is 9.88. The number of hydrogen-bond donors (Lipinski definition) is 1. The number of fused-ring (bicyclic) bond motifs is 1. The van der Waals surface area contributed by atoms with Gasteiger partial charge in [0, 0.05) is 19.0 Å². The van der Waals surface area contributed by atoms with Crippen molar-refractivity contribution in [2.24, 2.45) is 0 Å². The Bertz CT molecular complexity index is 806. The molecule has 1 heterocycles. The molecule has 0 saturated carbocycles. The largest absolute Gasteiger partial charge is 0.497 e. The van der Waals surface area contributed by atoms with E-state index >= 15 is 0 Å². The molecule has 0 radical (unpaired) electrons. The van der Waals surface area contributed by atoms with Crippen LogP contribution >= 0.6 is 0 Å². The van der Waals surface area contributed by atoms with Crippen molar-refractivity contribution in [3.8, 4) is 23.0 Å². The quantitative estimate of drug-likeness (QED) is 0.718. The molecule has 0 spiro atoms. The van der Waals surface area contributed by atoms with Gasteiger partial charge in [0.2, 0.25) is 5.91 Å². The SMILES string of the molecule is COc1ccc(CCNC(=O)CCCc2ccc3c(c2)OCCO3)c(OC)c1. The molecule has 1 N–H and O–H groups in total. The van der Waals surface area contributed by atoms with Crippen LogP contribution in [0, 0.1) is 0 Å². The first-order valence-electron chi connectivity index (χ1n) is 9.55. The topological polar surface area (TPSA) is 66.0 Å². The molecule has 150 valence electrons. The summed E-state index contributed by atoms with van der Waals surface area (Å²) in [6, 6.07) is 11.7. The number of carbonyl (C=O) groups excluding carboxylic acids is 1. The lowest BCUT2D eigenvalue weighted by Crippen LogP contribution is -2.25. The van der Waals surface area contributed by atoms with Gasteiger partial charge in [-0.1, -0.05) is 12.1 Å². The maximum Gasteiger partial charge on any atom is 0.220 e. The lowest BCUT2D eigenvalue weighted by atomic mass is 10.1. The summed E-state index contributed by atoms with van der Waals surface area (Å²) in [6.07, 6.45) is 2.82. The minimum absolute atomic E-state index is 0.0602. The van der Waals surface area contributed by atoms with Gasteiger partial charge in [-0.25, -0.2) is 0 Å². The monoisotopic (exact) mass is 385 g/mol. The van der Waals surface area contributed by atoms with Gasteiger partial charge in [0.05, 0.1) is 14.2 Å². The highest BCUT2D eigenvalue weighted by atomic mass is 16.6. The third-order valence-corrected chi connectivity index (χ3v) is 4.69. The summed E-state index contributed by atoms with van der Waals surface area (Å²) in [4.78, 5) is 12.1. The Morgan fingerprint density at radius 1 is 1.00 bits per heavy atom. The number of amides is 1. The van der Waals surface area contributed by atoms with Crippen LogP contribution in [0.3, 0.4) is 0 Å². The van der Waals surface area contributed by atoms with Crippen LogP contribution in [-0.4, -0.2) is 39.9 Å². The molecule has 0 aromatic heterocycles. The first-order valence-corrected chi connectivity index (χ1v) is 9.55. The molecule has 6 heteroatoms. The van der Waals surface area contributed by atoms with E-state index in [1.165, 1.54) is 0 Å². The molecule has 3 rings (SSSR count). The molecule has 2 aromatic rings. The van der Waals surface area contributed by atoms with Crippen molar-refractivity contribution >= 4 is 5.91 Å². The van der Waals surface area contributed by atoms with Crippen LogP contribution in [0.5, 0.6) is 23.0 Å². The Kier molecular flexibility index (Phi) is 7.00. The number of nitrogens with one attached hydrogen (secondary N) is 1. The Hall–Kier alpha value is -2.89. The van der Waals surface area contributed by atoms with Crippen LogP contribution in [0.4, 0.5) is 0 Å². The van der Waals surface area contributed by atoms with Gasteiger partial charge in [0.25, 0.3) is 0 Å².